The van der Waals surface area contributed by atoms with Gasteiger partial charge < -0.3 is 4.52 Å². The zero-order chi connectivity index (χ0) is 14.7. The smallest absolute Gasteiger partial charge is 0.241 e. The number of nitrogens with zero attached hydrogens (tertiary/aromatic N) is 3. The molecule has 1 aromatic heterocycles. The van der Waals surface area contributed by atoms with Gasteiger partial charge in [-0.2, -0.15) is 4.98 Å². The van der Waals surface area contributed by atoms with E-state index in [0.717, 1.165) is 42.0 Å². The third-order valence-electron chi connectivity index (χ3n) is 3.66. The molecule has 0 bridgehead atoms. The van der Waals surface area contributed by atoms with Crippen molar-refractivity contribution >= 4 is 15.9 Å². The molecule has 2 aromatic rings. The minimum absolute atomic E-state index is 0.661. The lowest BCUT2D eigenvalue weighted by atomic mass is 10.2. The van der Waals surface area contributed by atoms with Crippen LogP contribution in [0.5, 0.6) is 0 Å². The second-order valence-corrected chi connectivity index (χ2v) is 6.62. The zero-order valence-corrected chi connectivity index (χ0v) is 13.8. The van der Waals surface area contributed by atoms with Crippen LogP contribution in [0.2, 0.25) is 0 Å². The molecule has 0 N–H and O–H groups in total. The molecule has 1 aliphatic carbocycles. The summed E-state index contributed by atoms with van der Waals surface area (Å²) in [6.45, 7) is 5.21. The Balaban J connectivity index is 1.68. The molecule has 1 fully saturated rings. The van der Waals surface area contributed by atoms with E-state index in [9.17, 15) is 0 Å². The van der Waals surface area contributed by atoms with E-state index in [1.165, 1.54) is 12.8 Å². The maximum atomic E-state index is 5.42. The van der Waals surface area contributed by atoms with Crippen LogP contribution in [0.4, 0.5) is 0 Å². The van der Waals surface area contributed by atoms with E-state index in [1.54, 1.807) is 0 Å². The van der Waals surface area contributed by atoms with Crippen molar-refractivity contribution < 1.29 is 4.52 Å². The van der Waals surface area contributed by atoms with Gasteiger partial charge in [0, 0.05) is 16.6 Å². The molecular formula is C16H20BrN3O. The highest BCUT2D eigenvalue weighted by Crippen LogP contribution is 2.30. The molecule has 0 aliphatic heterocycles. The van der Waals surface area contributed by atoms with Crippen LogP contribution in [0.25, 0.3) is 11.4 Å². The molecule has 1 aliphatic rings. The van der Waals surface area contributed by atoms with Crippen molar-refractivity contribution in [2.45, 2.75) is 32.7 Å². The van der Waals surface area contributed by atoms with Crippen molar-refractivity contribution in [3.05, 3.63) is 34.6 Å². The standard InChI is InChI=1S/C16H20BrN3O/c1-2-8-20(10-12-6-7-12)11-15-18-16(19-21-15)13-4-3-5-14(17)9-13/h3-5,9,12H,2,6-8,10-11H2,1H3. The Labute approximate surface area is 133 Å². The van der Waals surface area contributed by atoms with E-state index in [1.807, 2.05) is 24.3 Å². The summed E-state index contributed by atoms with van der Waals surface area (Å²) < 4.78 is 6.44. The molecule has 1 aromatic carbocycles. The summed E-state index contributed by atoms with van der Waals surface area (Å²) in [5, 5.41) is 4.10. The van der Waals surface area contributed by atoms with Crippen LogP contribution < -0.4 is 0 Å². The van der Waals surface area contributed by atoms with Crippen molar-refractivity contribution in [2.24, 2.45) is 5.92 Å². The summed E-state index contributed by atoms with van der Waals surface area (Å²) in [4.78, 5) is 6.96. The molecule has 0 unspecified atom stereocenters. The molecule has 4 nitrogen and oxygen atoms in total. The molecule has 0 radical (unpaired) electrons. The van der Waals surface area contributed by atoms with Crippen LogP contribution in [0.1, 0.15) is 32.1 Å². The highest BCUT2D eigenvalue weighted by molar-refractivity contribution is 9.10. The Morgan fingerprint density at radius 1 is 1.38 bits per heavy atom. The fourth-order valence-corrected chi connectivity index (χ4v) is 2.87. The summed E-state index contributed by atoms with van der Waals surface area (Å²) in [5.41, 5.74) is 0.976. The Morgan fingerprint density at radius 2 is 2.24 bits per heavy atom. The van der Waals surface area contributed by atoms with E-state index in [4.69, 9.17) is 4.52 Å². The fourth-order valence-electron chi connectivity index (χ4n) is 2.47. The molecule has 3 rings (SSSR count). The van der Waals surface area contributed by atoms with Crippen molar-refractivity contribution in [1.29, 1.82) is 0 Å². The highest BCUT2D eigenvalue weighted by atomic mass is 79.9. The lowest BCUT2D eigenvalue weighted by molar-refractivity contribution is 0.219. The van der Waals surface area contributed by atoms with Gasteiger partial charge >= 0.3 is 0 Å². The van der Waals surface area contributed by atoms with Crippen LogP contribution in [-0.4, -0.2) is 28.1 Å². The molecule has 1 heterocycles. The Kier molecular flexibility index (Phi) is 4.70. The summed E-state index contributed by atoms with van der Waals surface area (Å²) in [6.07, 6.45) is 3.89. The normalized spacial score (nSPS) is 14.8. The largest absolute Gasteiger partial charge is 0.338 e. The molecular weight excluding hydrogens is 330 g/mol. The second-order valence-electron chi connectivity index (χ2n) is 5.70. The molecule has 0 saturated heterocycles. The first-order valence-electron chi connectivity index (χ1n) is 7.55. The number of benzene rings is 1. The Morgan fingerprint density at radius 3 is 2.95 bits per heavy atom. The first-order valence-corrected chi connectivity index (χ1v) is 8.34. The summed E-state index contributed by atoms with van der Waals surface area (Å²) in [5.74, 6) is 2.25. The third kappa shape index (κ3) is 4.14. The molecule has 1 saturated carbocycles. The van der Waals surface area contributed by atoms with Gasteiger partial charge in [0.25, 0.3) is 0 Å². The number of aromatic nitrogens is 2. The van der Waals surface area contributed by atoms with Crippen LogP contribution in [-0.2, 0) is 6.54 Å². The van der Waals surface area contributed by atoms with Gasteiger partial charge in [0.1, 0.15) is 0 Å². The quantitative estimate of drug-likeness (QED) is 0.753. The lowest BCUT2D eigenvalue weighted by Gasteiger charge is -2.18. The van der Waals surface area contributed by atoms with Gasteiger partial charge in [0.15, 0.2) is 0 Å². The lowest BCUT2D eigenvalue weighted by Crippen LogP contribution is -2.26. The minimum Gasteiger partial charge on any atom is -0.338 e. The average Bonchev–Trinajstić information content (AvgIpc) is 3.15. The number of hydrogen-bond donors (Lipinski definition) is 0. The van der Waals surface area contributed by atoms with Gasteiger partial charge in [-0.25, -0.2) is 0 Å². The van der Waals surface area contributed by atoms with Gasteiger partial charge in [0.2, 0.25) is 11.7 Å². The SMILES string of the molecule is CCCN(Cc1nc(-c2cccc(Br)c2)no1)CC1CC1. The molecule has 0 amide bonds. The van der Waals surface area contributed by atoms with Crippen LogP contribution in [0.15, 0.2) is 33.3 Å². The molecule has 21 heavy (non-hydrogen) atoms. The van der Waals surface area contributed by atoms with Crippen LogP contribution >= 0.6 is 15.9 Å². The topological polar surface area (TPSA) is 42.2 Å². The molecule has 0 atom stereocenters. The summed E-state index contributed by atoms with van der Waals surface area (Å²) >= 11 is 3.47. The Bertz CT molecular complexity index is 595. The van der Waals surface area contributed by atoms with Gasteiger partial charge in [-0.15, -0.1) is 0 Å². The number of rotatable bonds is 7. The van der Waals surface area contributed by atoms with Gasteiger partial charge in [0.05, 0.1) is 6.54 Å². The van der Waals surface area contributed by atoms with Gasteiger partial charge in [-0.1, -0.05) is 40.1 Å². The molecule has 112 valence electrons. The van der Waals surface area contributed by atoms with Crippen molar-refractivity contribution in [3.63, 3.8) is 0 Å². The van der Waals surface area contributed by atoms with Crippen molar-refractivity contribution in [1.82, 2.24) is 15.0 Å². The average molecular weight is 350 g/mol. The minimum atomic E-state index is 0.661. The van der Waals surface area contributed by atoms with Gasteiger partial charge in [-0.05, 0) is 43.9 Å². The summed E-state index contributed by atoms with van der Waals surface area (Å²) in [6, 6.07) is 7.96. The number of halogens is 1. The highest BCUT2D eigenvalue weighted by Gasteiger charge is 2.25. The second kappa shape index (κ2) is 6.71. The van der Waals surface area contributed by atoms with E-state index in [2.05, 4.69) is 37.9 Å². The van der Waals surface area contributed by atoms with Gasteiger partial charge in [-0.3, -0.25) is 4.90 Å². The zero-order valence-electron chi connectivity index (χ0n) is 12.3. The molecule has 0 spiro atoms. The first kappa shape index (κ1) is 14.7. The maximum Gasteiger partial charge on any atom is 0.241 e. The number of hydrogen-bond acceptors (Lipinski definition) is 4. The Hall–Kier alpha value is -1.20. The monoisotopic (exact) mass is 349 g/mol. The summed E-state index contributed by atoms with van der Waals surface area (Å²) in [7, 11) is 0. The predicted octanol–water partition coefficient (Wildman–Crippen LogP) is 4.12. The fraction of sp³-hybridized carbons (Fsp3) is 0.500. The van der Waals surface area contributed by atoms with E-state index in [-0.39, 0.29) is 0 Å². The first-order chi connectivity index (χ1) is 10.2. The molecule has 5 heteroatoms. The van der Waals surface area contributed by atoms with E-state index < -0.39 is 0 Å². The third-order valence-corrected chi connectivity index (χ3v) is 4.16. The van der Waals surface area contributed by atoms with Crippen LogP contribution in [0, 0.1) is 5.92 Å². The predicted molar refractivity (Wildman–Crippen MR) is 85.7 cm³/mol. The van der Waals surface area contributed by atoms with E-state index in [0.29, 0.717) is 11.7 Å². The van der Waals surface area contributed by atoms with Crippen LogP contribution in [0.3, 0.4) is 0 Å². The van der Waals surface area contributed by atoms with Crippen molar-refractivity contribution in [3.8, 4) is 11.4 Å². The van der Waals surface area contributed by atoms with E-state index >= 15 is 0 Å². The van der Waals surface area contributed by atoms with Crippen molar-refractivity contribution in [2.75, 3.05) is 13.1 Å². The maximum absolute atomic E-state index is 5.42.